The van der Waals surface area contributed by atoms with E-state index in [1.807, 2.05) is 24.3 Å². The Balaban J connectivity index is 1.48. The Hall–Kier alpha value is -4.01. The van der Waals surface area contributed by atoms with E-state index >= 15 is 0 Å². The number of hydrogen-bond donors (Lipinski definition) is 1. The zero-order valence-electron chi connectivity index (χ0n) is 16.6. The summed E-state index contributed by atoms with van der Waals surface area (Å²) in [5.74, 6) is 0.801. The van der Waals surface area contributed by atoms with Gasteiger partial charge in [0.2, 0.25) is 11.7 Å². The summed E-state index contributed by atoms with van der Waals surface area (Å²) in [6.45, 7) is 0.302. The van der Waals surface area contributed by atoms with Gasteiger partial charge in [0.05, 0.1) is 31.4 Å². The Morgan fingerprint density at radius 2 is 1.97 bits per heavy atom. The van der Waals surface area contributed by atoms with Crippen molar-refractivity contribution >= 4 is 5.91 Å². The summed E-state index contributed by atoms with van der Waals surface area (Å²) in [5, 5.41) is 4.10. The lowest BCUT2D eigenvalue weighted by atomic mass is 10.0. The number of carbonyl (C=O) groups is 1. The largest absolute Gasteiger partial charge is 0.497 e. The number of ether oxygens (including phenoxy) is 1. The number of aromatic nitrogens is 4. The third-order valence-electron chi connectivity index (χ3n) is 5.33. The first-order chi connectivity index (χ1) is 15.1. The van der Waals surface area contributed by atoms with Crippen LogP contribution in [0.15, 0.2) is 59.4 Å². The number of hydrogen-bond acceptors (Lipinski definition) is 6. The molecule has 8 nitrogen and oxygen atoms in total. The number of methoxy groups -OCH3 is 1. The number of imidazole rings is 1. The smallest absolute Gasteiger partial charge is 0.254 e. The number of benzene rings is 2. The number of halogens is 1. The van der Waals surface area contributed by atoms with Crippen LogP contribution in [0.5, 0.6) is 5.75 Å². The topological polar surface area (TPSA) is 97.1 Å². The molecule has 0 fully saturated rings. The Morgan fingerprint density at radius 3 is 2.71 bits per heavy atom. The fourth-order valence-corrected chi connectivity index (χ4v) is 3.66. The summed E-state index contributed by atoms with van der Waals surface area (Å²) in [6.07, 6.45) is 2.03. The predicted molar refractivity (Wildman–Crippen MR) is 108 cm³/mol. The van der Waals surface area contributed by atoms with Crippen LogP contribution in [0, 0.1) is 5.82 Å². The Bertz CT molecular complexity index is 1220. The van der Waals surface area contributed by atoms with E-state index in [2.05, 4.69) is 20.1 Å². The highest BCUT2D eigenvalue weighted by molar-refractivity contribution is 5.94. The molecule has 9 heteroatoms. The van der Waals surface area contributed by atoms with Crippen molar-refractivity contribution in [2.45, 2.75) is 19.0 Å². The summed E-state index contributed by atoms with van der Waals surface area (Å²) >= 11 is 0. The molecule has 1 atom stereocenters. The minimum Gasteiger partial charge on any atom is -0.497 e. The first-order valence-corrected chi connectivity index (χ1v) is 9.68. The van der Waals surface area contributed by atoms with Gasteiger partial charge in [-0.2, -0.15) is 4.98 Å². The first-order valence-electron chi connectivity index (χ1n) is 9.68. The number of rotatable bonds is 4. The van der Waals surface area contributed by atoms with E-state index < -0.39 is 11.9 Å². The van der Waals surface area contributed by atoms with Crippen molar-refractivity contribution in [3.05, 3.63) is 83.5 Å². The highest BCUT2D eigenvalue weighted by Gasteiger charge is 2.36. The second kappa shape index (κ2) is 7.67. The van der Waals surface area contributed by atoms with E-state index in [0.29, 0.717) is 30.2 Å². The SMILES string of the molecule is COc1ccc(-c2noc(C3Cc4nc[nH]c4CN3C(=O)c3ccc(F)cc3)n2)cc1. The van der Waals surface area contributed by atoms with E-state index in [9.17, 15) is 9.18 Å². The fraction of sp³-hybridized carbons (Fsp3) is 0.182. The molecule has 0 aliphatic carbocycles. The molecule has 3 heterocycles. The number of carbonyl (C=O) groups excluding carboxylic acids is 1. The molecule has 1 amide bonds. The van der Waals surface area contributed by atoms with Crippen LogP contribution in [0.1, 0.15) is 33.7 Å². The molecular formula is C22H18FN5O3. The maximum Gasteiger partial charge on any atom is 0.254 e. The van der Waals surface area contributed by atoms with Crippen LogP contribution in [-0.4, -0.2) is 38.0 Å². The number of nitrogens with zero attached hydrogens (tertiary/aromatic N) is 4. The number of aromatic amines is 1. The second-order valence-electron chi connectivity index (χ2n) is 7.17. The molecule has 0 bridgehead atoms. The maximum atomic E-state index is 13.3. The van der Waals surface area contributed by atoms with Crippen molar-refractivity contribution in [2.24, 2.45) is 0 Å². The Kier molecular flexibility index (Phi) is 4.70. The standard InChI is InChI=1S/C22H18FN5O3/c1-30-16-8-4-13(5-9-16)20-26-21(31-27-20)19-10-17-18(25-12-24-17)11-28(19)22(29)14-2-6-15(23)7-3-14/h2-9,12,19H,10-11H2,1H3,(H,24,25). The Morgan fingerprint density at radius 1 is 1.19 bits per heavy atom. The van der Waals surface area contributed by atoms with Crippen molar-refractivity contribution in [1.29, 1.82) is 0 Å². The van der Waals surface area contributed by atoms with Crippen LogP contribution >= 0.6 is 0 Å². The molecule has 31 heavy (non-hydrogen) atoms. The zero-order valence-corrected chi connectivity index (χ0v) is 16.6. The quantitative estimate of drug-likeness (QED) is 0.543. The molecule has 1 unspecified atom stereocenters. The number of H-pyrrole nitrogens is 1. The molecule has 0 spiro atoms. The van der Waals surface area contributed by atoms with Crippen molar-refractivity contribution < 1.29 is 18.4 Å². The van der Waals surface area contributed by atoms with Crippen molar-refractivity contribution in [3.8, 4) is 17.1 Å². The van der Waals surface area contributed by atoms with Gasteiger partial charge in [0, 0.05) is 17.5 Å². The molecule has 1 aliphatic rings. The van der Waals surface area contributed by atoms with Gasteiger partial charge in [-0.3, -0.25) is 4.79 Å². The van der Waals surface area contributed by atoms with Gasteiger partial charge in [-0.05, 0) is 48.5 Å². The zero-order chi connectivity index (χ0) is 21.4. The van der Waals surface area contributed by atoms with E-state index in [0.717, 1.165) is 22.7 Å². The first kappa shape index (κ1) is 19.0. The van der Waals surface area contributed by atoms with E-state index in [-0.39, 0.29) is 5.91 Å². The summed E-state index contributed by atoms with van der Waals surface area (Å²) in [5.41, 5.74) is 2.84. The number of fused-ring (bicyclic) bond motifs is 1. The summed E-state index contributed by atoms with van der Waals surface area (Å²) in [6, 6.07) is 12.3. The van der Waals surface area contributed by atoms with E-state index in [4.69, 9.17) is 9.26 Å². The van der Waals surface area contributed by atoms with Crippen LogP contribution in [0.3, 0.4) is 0 Å². The van der Waals surface area contributed by atoms with E-state index in [1.54, 1.807) is 18.3 Å². The minimum absolute atomic E-state index is 0.255. The normalized spacial score (nSPS) is 15.5. The minimum atomic E-state index is -0.493. The van der Waals surface area contributed by atoms with Crippen molar-refractivity contribution in [3.63, 3.8) is 0 Å². The van der Waals surface area contributed by atoms with Crippen molar-refractivity contribution in [1.82, 2.24) is 25.0 Å². The summed E-state index contributed by atoms with van der Waals surface area (Å²) < 4.78 is 24.1. The second-order valence-corrected chi connectivity index (χ2v) is 7.17. The van der Waals surface area contributed by atoms with Gasteiger partial charge in [-0.1, -0.05) is 5.16 Å². The molecule has 0 radical (unpaired) electrons. The van der Waals surface area contributed by atoms with Gasteiger partial charge in [0.1, 0.15) is 17.6 Å². The lowest BCUT2D eigenvalue weighted by Gasteiger charge is -2.32. The predicted octanol–water partition coefficient (Wildman–Crippen LogP) is 3.55. The number of amides is 1. The van der Waals surface area contributed by atoms with Crippen LogP contribution in [0.2, 0.25) is 0 Å². The summed E-state index contributed by atoms with van der Waals surface area (Å²) in [4.78, 5) is 26.8. The average molecular weight is 419 g/mol. The van der Waals surface area contributed by atoms with Gasteiger partial charge in [0.25, 0.3) is 5.91 Å². The highest BCUT2D eigenvalue weighted by atomic mass is 19.1. The van der Waals surface area contributed by atoms with Crippen LogP contribution in [0.25, 0.3) is 11.4 Å². The third-order valence-corrected chi connectivity index (χ3v) is 5.33. The monoisotopic (exact) mass is 419 g/mol. The lowest BCUT2D eigenvalue weighted by molar-refractivity contribution is 0.0589. The van der Waals surface area contributed by atoms with Gasteiger partial charge < -0.3 is 19.1 Å². The molecule has 1 aliphatic heterocycles. The third kappa shape index (κ3) is 3.54. The molecule has 1 N–H and O–H groups in total. The van der Waals surface area contributed by atoms with Crippen molar-refractivity contribution in [2.75, 3.05) is 7.11 Å². The van der Waals surface area contributed by atoms with Gasteiger partial charge >= 0.3 is 0 Å². The molecule has 0 saturated carbocycles. The van der Waals surface area contributed by atoms with Crippen LogP contribution in [0.4, 0.5) is 4.39 Å². The molecule has 4 aromatic rings. The molecule has 0 saturated heterocycles. The van der Waals surface area contributed by atoms with Crippen LogP contribution < -0.4 is 4.74 Å². The fourth-order valence-electron chi connectivity index (χ4n) is 3.66. The van der Waals surface area contributed by atoms with Gasteiger partial charge in [-0.15, -0.1) is 0 Å². The van der Waals surface area contributed by atoms with E-state index in [1.165, 1.54) is 24.3 Å². The van der Waals surface area contributed by atoms with Crippen LogP contribution in [-0.2, 0) is 13.0 Å². The Labute approximate surface area is 176 Å². The number of nitrogens with one attached hydrogen (secondary N) is 1. The molecular weight excluding hydrogens is 401 g/mol. The summed E-state index contributed by atoms with van der Waals surface area (Å²) in [7, 11) is 1.60. The molecule has 5 rings (SSSR count). The maximum absolute atomic E-state index is 13.3. The molecule has 156 valence electrons. The van der Waals surface area contributed by atoms with Gasteiger partial charge in [0.15, 0.2) is 0 Å². The average Bonchev–Trinajstić information content (AvgIpc) is 3.47. The van der Waals surface area contributed by atoms with Gasteiger partial charge in [-0.25, -0.2) is 9.37 Å². The molecule has 2 aromatic heterocycles. The molecule has 2 aromatic carbocycles. The lowest BCUT2D eigenvalue weighted by Crippen LogP contribution is -2.39. The highest BCUT2D eigenvalue weighted by Crippen LogP contribution is 2.33.